The van der Waals surface area contributed by atoms with Crippen molar-refractivity contribution in [3.63, 3.8) is 0 Å². The summed E-state index contributed by atoms with van der Waals surface area (Å²) in [4.78, 5) is 0. The zero-order valence-electron chi connectivity index (χ0n) is 3.29. The molecule has 0 bridgehead atoms. The molecule has 0 aliphatic carbocycles. The Bertz CT molecular complexity index is 69.2. The topological polar surface area (TPSA) is 0 Å². The van der Waals surface area contributed by atoms with E-state index in [0.717, 1.165) is 6.16 Å². The number of rotatable bonds is 2. The Morgan fingerprint density at radius 2 is 2.50 bits per heavy atom. The Morgan fingerprint density at radius 1 is 2.00 bits per heavy atom. The van der Waals surface area contributed by atoms with E-state index in [0.29, 0.717) is 0 Å². The van der Waals surface area contributed by atoms with Crippen LogP contribution in [0.15, 0.2) is 12.7 Å². The first kappa shape index (κ1) is 6.61. The van der Waals surface area contributed by atoms with Crippen molar-refractivity contribution in [1.82, 2.24) is 0 Å². The first-order valence-corrected chi connectivity index (χ1v) is 5.21. The maximum absolute atomic E-state index is 4.74. The van der Waals surface area contributed by atoms with E-state index in [-0.39, 0.29) is 0 Å². The first-order chi connectivity index (χ1) is 2.77. The smallest absolute Gasteiger partial charge is 0.0990 e. The Labute approximate surface area is 49.2 Å². The van der Waals surface area contributed by atoms with Crippen LogP contribution in [-0.4, -0.2) is 6.16 Å². The quantitative estimate of drug-likeness (QED) is 0.345. The van der Waals surface area contributed by atoms with Gasteiger partial charge in [-0.2, -0.15) is 0 Å². The highest BCUT2D eigenvalue weighted by Crippen LogP contribution is 2.24. The van der Waals surface area contributed by atoms with E-state index < -0.39 is 5.90 Å². The van der Waals surface area contributed by atoms with Crippen LogP contribution < -0.4 is 0 Å². The lowest BCUT2D eigenvalue weighted by Gasteiger charge is -1.63. The summed E-state index contributed by atoms with van der Waals surface area (Å²) >= 11 is 8.72. The molecule has 0 saturated heterocycles. The SMILES string of the molecule is C=CC[P+](=S)S. The molecule has 3 heteroatoms. The summed E-state index contributed by atoms with van der Waals surface area (Å²) in [7, 11) is 0. The summed E-state index contributed by atoms with van der Waals surface area (Å²) < 4.78 is 0. The molecule has 1 unspecified atom stereocenters. The molecule has 0 aromatic carbocycles. The van der Waals surface area contributed by atoms with Crippen LogP contribution in [0.4, 0.5) is 0 Å². The third-order valence-corrected chi connectivity index (χ3v) is 1.79. The molecule has 0 spiro atoms. The minimum atomic E-state index is -0.441. The molecule has 0 heterocycles. The zero-order valence-corrected chi connectivity index (χ0v) is 5.90. The second-order valence-electron chi connectivity index (χ2n) is 0.823. The van der Waals surface area contributed by atoms with Crippen LogP contribution in [0.2, 0.25) is 0 Å². The summed E-state index contributed by atoms with van der Waals surface area (Å²) in [6, 6.07) is 0. The lowest BCUT2D eigenvalue weighted by atomic mass is 10.8. The molecule has 0 nitrogen and oxygen atoms in total. The lowest BCUT2D eigenvalue weighted by Crippen LogP contribution is -1.54. The minimum Gasteiger partial charge on any atom is -0.0990 e. The Morgan fingerprint density at radius 3 is 2.50 bits per heavy atom. The summed E-state index contributed by atoms with van der Waals surface area (Å²) in [5, 5.41) is 0. The predicted octanol–water partition coefficient (Wildman–Crippen LogP) is 1.96. The molecule has 0 amide bonds. The van der Waals surface area contributed by atoms with Gasteiger partial charge in [-0.05, 0) is 6.08 Å². The second-order valence-corrected chi connectivity index (χ2v) is 5.48. The molecule has 0 aliphatic rings. The van der Waals surface area contributed by atoms with Gasteiger partial charge in [-0.3, -0.25) is 0 Å². The molecular formula is C3H6PS2+. The van der Waals surface area contributed by atoms with Gasteiger partial charge in [0, 0.05) is 0 Å². The van der Waals surface area contributed by atoms with Gasteiger partial charge in [0.05, 0.1) is 12.2 Å². The molecule has 0 fully saturated rings. The fourth-order valence-electron chi connectivity index (χ4n) is 0.110. The predicted molar refractivity (Wildman–Crippen MR) is 38.3 cm³/mol. The van der Waals surface area contributed by atoms with Gasteiger partial charge in [-0.15, -0.1) is 0 Å². The molecule has 0 saturated carbocycles. The number of allylic oxidation sites excluding steroid dienone is 1. The van der Waals surface area contributed by atoms with E-state index in [2.05, 4.69) is 18.8 Å². The highest BCUT2D eigenvalue weighted by molar-refractivity contribution is 8.56. The van der Waals surface area contributed by atoms with E-state index in [1.165, 1.54) is 0 Å². The highest BCUT2D eigenvalue weighted by Gasteiger charge is 1.92. The van der Waals surface area contributed by atoms with Crippen molar-refractivity contribution < 1.29 is 0 Å². The lowest BCUT2D eigenvalue weighted by molar-refractivity contribution is 1.83. The van der Waals surface area contributed by atoms with Crippen molar-refractivity contribution in [1.29, 1.82) is 0 Å². The molecule has 0 rings (SSSR count). The van der Waals surface area contributed by atoms with E-state index in [9.17, 15) is 0 Å². The molecule has 0 aliphatic heterocycles. The largest absolute Gasteiger partial charge is 0.246 e. The molecule has 6 heavy (non-hydrogen) atoms. The highest BCUT2D eigenvalue weighted by atomic mass is 32.9. The number of hydrogen-bond acceptors (Lipinski definition) is 1. The van der Waals surface area contributed by atoms with Crippen molar-refractivity contribution in [2.45, 2.75) is 0 Å². The standard InChI is InChI=1S/C3H5PS2/c1-2-3-4(5)6/h2H,1,3H2/p+1. The van der Waals surface area contributed by atoms with Crippen LogP contribution in [0.1, 0.15) is 0 Å². The van der Waals surface area contributed by atoms with E-state index in [4.69, 9.17) is 11.8 Å². The van der Waals surface area contributed by atoms with Gasteiger partial charge in [-0.25, -0.2) is 0 Å². The van der Waals surface area contributed by atoms with Gasteiger partial charge in [0.15, 0.2) is 11.8 Å². The van der Waals surface area contributed by atoms with Crippen LogP contribution in [0.25, 0.3) is 0 Å². The Balaban J connectivity index is 3.05. The fourth-order valence-corrected chi connectivity index (χ4v) is 0.994. The fraction of sp³-hybridized carbons (Fsp3) is 0.333. The van der Waals surface area contributed by atoms with Crippen molar-refractivity contribution >= 4 is 30.0 Å². The van der Waals surface area contributed by atoms with Gasteiger partial charge >= 0.3 is 0 Å². The average Bonchev–Trinajstić information content (AvgIpc) is 1.35. The van der Waals surface area contributed by atoms with Gasteiger partial charge in [0.2, 0.25) is 5.90 Å². The van der Waals surface area contributed by atoms with Gasteiger partial charge in [0.1, 0.15) is 6.16 Å². The van der Waals surface area contributed by atoms with E-state index in [1.54, 1.807) is 6.08 Å². The Hall–Kier alpha value is 0.610. The molecule has 1 atom stereocenters. The van der Waals surface area contributed by atoms with Crippen LogP contribution in [0, 0.1) is 0 Å². The van der Waals surface area contributed by atoms with E-state index in [1.807, 2.05) is 0 Å². The third-order valence-electron chi connectivity index (χ3n) is 0.285. The third kappa shape index (κ3) is 4.61. The average molecular weight is 137 g/mol. The summed E-state index contributed by atoms with van der Waals surface area (Å²) in [5.74, 6) is -0.441. The van der Waals surface area contributed by atoms with E-state index >= 15 is 0 Å². The maximum atomic E-state index is 4.74. The maximum Gasteiger partial charge on any atom is 0.246 e. The molecule has 0 aromatic rings. The molecule has 34 valence electrons. The molecule has 0 N–H and O–H groups in total. The number of hydrogen-bond donors (Lipinski definition) is 1. The molecular weight excluding hydrogens is 131 g/mol. The van der Waals surface area contributed by atoms with Crippen LogP contribution in [-0.2, 0) is 11.8 Å². The van der Waals surface area contributed by atoms with Crippen molar-refractivity contribution in [3.8, 4) is 0 Å². The second kappa shape index (κ2) is 3.79. The summed E-state index contributed by atoms with van der Waals surface area (Å²) in [6.45, 7) is 3.50. The normalized spacial score (nSPS) is 10.5. The van der Waals surface area contributed by atoms with Crippen LogP contribution >= 0.6 is 18.1 Å². The van der Waals surface area contributed by atoms with Gasteiger partial charge in [-0.1, -0.05) is 6.58 Å². The molecule has 0 radical (unpaired) electrons. The number of thiol groups is 1. The van der Waals surface area contributed by atoms with Crippen LogP contribution in [0.3, 0.4) is 0 Å². The van der Waals surface area contributed by atoms with Crippen molar-refractivity contribution in [3.05, 3.63) is 12.7 Å². The monoisotopic (exact) mass is 137 g/mol. The minimum absolute atomic E-state index is 0.441. The van der Waals surface area contributed by atoms with Crippen molar-refractivity contribution in [2.75, 3.05) is 6.16 Å². The van der Waals surface area contributed by atoms with Crippen LogP contribution in [0.5, 0.6) is 0 Å². The van der Waals surface area contributed by atoms with Crippen molar-refractivity contribution in [2.24, 2.45) is 0 Å². The summed E-state index contributed by atoms with van der Waals surface area (Å²) in [5.41, 5.74) is 0. The van der Waals surface area contributed by atoms with Gasteiger partial charge < -0.3 is 0 Å². The first-order valence-electron chi connectivity index (χ1n) is 1.52. The Kier molecular flexibility index (Phi) is 4.17. The van der Waals surface area contributed by atoms with Gasteiger partial charge in [0.25, 0.3) is 0 Å². The summed E-state index contributed by atoms with van der Waals surface area (Å²) in [6.07, 6.45) is 2.68. The molecule has 0 aromatic heterocycles. The zero-order chi connectivity index (χ0) is 4.99.